The molecule has 0 bridgehead atoms. The fraction of sp³-hybridized carbons (Fsp3) is 0.750. The van der Waals surface area contributed by atoms with Crippen molar-refractivity contribution in [2.24, 2.45) is 0 Å². The third-order valence-electron chi connectivity index (χ3n) is 3.36. The summed E-state index contributed by atoms with van der Waals surface area (Å²) in [7, 11) is 3.80. The molecule has 0 atom stereocenters. The number of piperazine rings is 1. The monoisotopic (exact) mass is 265 g/mol. The number of nitrogens with two attached hydrogens (primary N) is 1. The highest BCUT2D eigenvalue weighted by molar-refractivity contribution is 5.32. The lowest BCUT2D eigenvalue weighted by Gasteiger charge is -2.33. The number of likely N-dealkylation sites (N-methyl/N-ethyl adjacent to an activating group) is 1. The molecule has 1 saturated heterocycles. The first-order valence-corrected chi connectivity index (χ1v) is 6.71. The van der Waals surface area contributed by atoms with Gasteiger partial charge >= 0.3 is 0 Å². The van der Waals surface area contributed by atoms with Gasteiger partial charge in [-0.1, -0.05) is 6.92 Å². The summed E-state index contributed by atoms with van der Waals surface area (Å²) >= 11 is 0. The molecule has 2 N–H and O–H groups in total. The molecule has 0 saturated carbocycles. The van der Waals surface area contributed by atoms with Crippen LogP contribution in [-0.2, 0) is 6.54 Å². The van der Waals surface area contributed by atoms with E-state index in [-0.39, 0.29) is 0 Å². The number of nitrogens with zero attached hydrogens (tertiary/aromatic N) is 6. The molecule has 1 aromatic rings. The summed E-state index contributed by atoms with van der Waals surface area (Å²) in [5, 5.41) is 0. The predicted octanol–water partition coefficient (Wildman–Crippen LogP) is -0.343. The van der Waals surface area contributed by atoms with Crippen LogP contribution in [0.5, 0.6) is 0 Å². The summed E-state index contributed by atoms with van der Waals surface area (Å²) in [6.45, 7) is 8.39. The quantitative estimate of drug-likeness (QED) is 0.798. The van der Waals surface area contributed by atoms with Crippen LogP contribution in [-0.4, -0.2) is 71.6 Å². The predicted molar refractivity (Wildman–Crippen MR) is 76.0 cm³/mol. The minimum absolute atomic E-state index is 0.292. The zero-order valence-corrected chi connectivity index (χ0v) is 12.0. The van der Waals surface area contributed by atoms with Crippen molar-refractivity contribution < 1.29 is 0 Å². The molecule has 0 amide bonds. The zero-order valence-electron chi connectivity index (χ0n) is 12.0. The highest BCUT2D eigenvalue weighted by Gasteiger charge is 2.17. The van der Waals surface area contributed by atoms with Gasteiger partial charge in [0.15, 0.2) is 0 Å². The molecule has 1 fully saturated rings. The van der Waals surface area contributed by atoms with Gasteiger partial charge < -0.3 is 15.5 Å². The number of aromatic nitrogens is 3. The van der Waals surface area contributed by atoms with Crippen LogP contribution in [0.25, 0.3) is 0 Å². The summed E-state index contributed by atoms with van der Waals surface area (Å²) in [5.74, 6) is 1.66. The summed E-state index contributed by atoms with van der Waals surface area (Å²) in [4.78, 5) is 19.4. The Kier molecular flexibility index (Phi) is 4.49. The van der Waals surface area contributed by atoms with E-state index in [0.717, 1.165) is 45.1 Å². The van der Waals surface area contributed by atoms with Gasteiger partial charge in [-0.2, -0.15) is 15.0 Å². The van der Waals surface area contributed by atoms with Gasteiger partial charge in [-0.25, -0.2) is 0 Å². The van der Waals surface area contributed by atoms with Crippen molar-refractivity contribution in [2.75, 3.05) is 57.5 Å². The second-order valence-electron chi connectivity index (χ2n) is 5.01. The van der Waals surface area contributed by atoms with Crippen molar-refractivity contribution in [3.63, 3.8) is 0 Å². The topological polar surface area (TPSA) is 74.4 Å². The maximum absolute atomic E-state index is 5.73. The molecule has 19 heavy (non-hydrogen) atoms. The lowest BCUT2D eigenvalue weighted by Crippen LogP contribution is -2.45. The van der Waals surface area contributed by atoms with Gasteiger partial charge in [0.25, 0.3) is 0 Å². The normalized spacial score (nSPS) is 17.6. The number of hydrogen-bond acceptors (Lipinski definition) is 7. The molecule has 0 aromatic carbocycles. The first-order chi connectivity index (χ1) is 9.08. The van der Waals surface area contributed by atoms with Crippen molar-refractivity contribution in [1.82, 2.24) is 24.8 Å². The Morgan fingerprint density at radius 1 is 1.05 bits per heavy atom. The molecule has 7 nitrogen and oxygen atoms in total. The van der Waals surface area contributed by atoms with E-state index in [1.165, 1.54) is 0 Å². The Balaban J connectivity index is 1.99. The Bertz CT molecular complexity index is 413. The molecule has 1 aliphatic rings. The summed E-state index contributed by atoms with van der Waals surface area (Å²) in [6.07, 6.45) is 0. The van der Waals surface area contributed by atoms with Crippen molar-refractivity contribution >= 4 is 11.9 Å². The molecule has 7 heteroatoms. The molecular weight excluding hydrogens is 242 g/mol. The lowest BCUT2D eigenvalue weighted by molar-refractivity contribution is 0.129. The van der Waals surface area contributed by atoms with E-state index in [4.69, 9.17) is 5.73 Å². The maximum atomic E-state index is 5.73. The Morgan fingerprint density at radius 3 is 2.26 bits per heavy atom. The molecule has 2 heterocycles. The van der Waals surface area contributed by atoms with Crippen molar-refractivity contribution in [1.29, 1.82) is 0 Å². The molecule has 0 spiro atoms. The van der Waals surface area contributed by atoms with Crippen molar-refractivity contribution in [2.45, 2.75) is 13.5 Å². The second kappa shape index (κ2) is 6.12. The van der Waals surface area contributed by atoms with E-state index in [1.54, 1.807) is 0 Å². The van der Waals surface area contributed by atoms with Crippen LogP contribution >= 0.6 is 0 Å². The molecular formula is C12H23N7. The molecule has 1 aliphatic heterocycles. The van der Waals surface area contributed by atoms with E-state index in [0.29, 0.717) is 11.9 Å². The lowest BCUT2D eigenvalue weighted by atomic mass is 10.3. The van der Waals surface area contributed by atoms with Gasteiger partial charge in [-0.3, -0.25) is 4.90 Å². The molecule has 106 valence electrons. The fourth-order valence-electron chi connectivity index (χ4n) is 2.16. The van der Waals surface area contributed by atoms with E-state index in [2.05, 4.69) is 31.7 Å². The van der Waals surface area contributed by atoms with E-state index >= 15 is 0 Å². The molecule has 1 aromatic heterocycles. The Labute approximate surface area is 114 Å². The average Bonchev–Trinajstić information content (AvgIpc) is 2.39. The van der Waals surface area contributed by atoms with Crippen LogP contribution in [0.2, 0.25) is 0 Å². The standard InChI is InChI=1S/C12H23N7/c1-4-18-5-7-19(8-6-18)9-10-14-11(13)16-12(15-10)17(2)3/h4-9H2,1-3H3,(H2,13,14,15,16). The largest absolute Gasteiger partial charge is 0.368 e. The summed E-state index contributed by atoms with van der Waals surface area (Å²) in [5.41, 5.74) is 5.73. The van der Waals surface area contributed by atoms with Crippen LogP contribution < -0.4 is 10.6 Å². The van der Waals surface area contributed by atoms with Gasteiger partial charge in [-0.15, -0.1) is 0 Å². The SMILES string of the molecule is CCN1CCN(Cc2nc(N)nc(N(C)C)n2)CC1. The third-order valence-corrected chi connectivity index (χ3v) is 3.36. The van der Waals surface area contributed by atoms with E-state index in [9.17, 15) is 0 Å². The van der Waals surface area contributed by atoms with Gasteiger partial charge in [0.05, 0.1) is 6.54 Å². The Morgan fingerprint density at radius 2 is 1.68 bits per heavy atom. The zero-order chi connectivity index (χ0) is 13.8. The fourth-order valence-corrected chi connectivity index (χ4v) is 2.16. The maximum Gasteiger partial charge on any atom is 0.229 e. The van der Waals surface area contributed by atoms with Crippen molar-refractivity contribution in [3.8, 4) is 0 Å². The minimum Gasteiger partial charge on any atom is -0.368 e. The van der Waals surface area contributed by atoms with Gasteiger partial charge in [0.1, 0.15) is 5.82 Å². The number of rotatable bonds is 4. The molecule has 2 rings (SSSR count). The second-order valence-corrected chi connectivity index (χ2v) is 5.01. The summed E-state index contributed by atoms with van der Waals surface area (Å²) < 4.78 is 0. The van der Waals surface area contributed by atoms with Crippen molar-refractivity contribution in [3.05, 3.63) is 5.82 Å². The van der Waals surface area contributed by atoms with Gasteiger partial charge in [0.2, 0.25) is 11.9 Å². The van der Waals surface area contributed by atoms with Crippen LogP contribution in [0.4, 0.5) is 11.9 Å². The van der Waals surface area contributed by atoms with Crippen LogP contribution in [0.3, 0.4) is 0 Å². The summed E-state index contributed by atoms with van der Waals surface area (Å²) in [6, 6.07) is 0. The molecule has 0 unspecified atom stereocenters. The number of nitrogen functional groups attached to an aromatic ring is 1. The van der Waals surface area contributed by atoms with Gasteiger partial charge in [-0.05, 0) is 6.54 Å². The van der Waals surface area contributed by atoms with Crippen LogP contribution in [0.15, 0.2) is 0 Å². The minimum atomic E-state index is 0.292. The smallest absolute Gasteiger partial charge is 0.229 e. The van der Waals surface area contributed by atoms with Crippen LogP contribution in [0.1, 0.15) is 12.7 Å². The Hall–Kier alpha value is -1.47. The highest BCUT2D eigenvalue weighted by atomic mass is 15.3. The first kappa shape index (κ1) is 14.0. The first-order valence-electron chi connectivity index (χ1n) is 6.71. The van der Waals surface area contributed by atoms with Crippen LogP contribution in [0, 0.1) is 0 Å². The van der Waals surface area contributed by atoms with E-state index < -0.39 is 0 Å². The average molecular weight is 265 g/mol. The van der Waals surface area contributed by atoms with Gasteiger partial charge in [0, 0.05) is 40.3 Å². The molecule has 0 radical (unpaired) electrons. The highest BCUT2D eigenvalue weighted by Crippen LogP contribution is 2.09. The number of anilines is 2. The van der Waals surface area contributed by atoms with E-state index in [1.807, 2.05) is 19.0 Å². The third kappa shape index (κ3) is 3.74. The molecule has 0 aliphatic carbocycles. The number of hydrogen-bond donors (Lipinski definition) is 1.